The molecular formula is C12H20N4O3. The average Bonchev–Trinajstić information content (AvgIpc) is 2.83. The van der Waals surface area contributed by atoms with Crippen molar-refractivity contribution in [2.45, 2.75) is 38.3 Å². The number of hydrogen-bond acceptors (Lipinski definition) is 4. The number of carbonyl (C=O) groups excluding carboxylic acids is 3. The lowest BCUT2D eigenvalue weighted by atomic mass is 9.99. The first kappa shape index (κ1) is 13.8. The molecule has 1 atom stereocenters. The zero-order valence-corrected chi connectivity index (χ0v) is 11.5. The van der Waals surface area contributed by atoms with Gasteiger partial charge in [0.25, 0.3) is 5.91 Å². The molecule has 0 aliphatic carbocycles. The molecule has 2 aliphatic heterocycles. The summed E-state index contributed by atoms with van der Waals surface area (Å²) >= 11 is 0. The van der Waals surface area contributed by atoms with Gasteiger partial charge in [0.05, 0.1) is 12.1 Å². The predicted octanol–water partition coefficient (Wildman–Crippen LogP) is -0.815. The van der Waals surface area contributed by atoms with Crippen molar-refractivity contribution >= 4 is 17.8 Å². The SMILES string of the molecule is CCNC(C)(C)C(=O)N1CCC2(C1)NC(=O)NC2=O. The normalized spacial score (nSPS) is 26.8. The molecule has 3 N–H and O–H groups in total. The number of nitrogens with zero attached hydrogens (tertiary/aromatic N) is 1. The van der Waals surface area contributed by atoms with E-state index in [0.717, 1.165) is 0 Å². The summed E-state index contributed by atoms with van der Waals surface area (Å²) in [7, 11) is 0. The Morgan fingerprint density at radius 1 is 1.47 bits per heavy atom. The number of nitrogens with one attached hydrogen (secondary N) is 3. The summed E-state index contributed by atoms with van der Waals surface area (Å²) in [6.45, 7) is 6.97. The Labute approximate surface area is 112 Å². The van der Waals surface area contributed by atoms with Crippen molar-refractivity contribution in [3.05, 3.63) is 0 Å². The Morgan fingerprint density at radius 2 is 2.16 bits per heavy atom. The van der Waals surface area contributed by atoms with E-state index in [4.69, 9.17) is 0 Å². The van der Waals surface area contributed by atoms with Crippen molar-refractivity contribution in [2.75, 3.05) is 19.6 Å². The molecule has 19 heavy (non-hydrogen) atoms. The standard InChI is InChI=1S/C12H20N4O3/c1-4-13-11(2,3)9(18)16-6-5-12(7-16)8(17)14-10(19)15-12/h13H,4-7H2,1-3H3,(H2,14,15,17,19). The van der Waals surface area contributed by atoms with Crippen molar-refractivity contribution in [1.82, 2.24) is 20.9 Å². The number of amides is 4. The number of imide groups is 1. The summed E-state index contributed by atoms with van der Waals surface area (Å²) < 4.78 is 0. The second-order valence-electron chi connectivity index (χ2n) is 5.62. The second kappa shape index (κ2) is 4.48. The van der Waals surface area contributed by atoms with Gasteiger partial charge in [0.1, 0.15) is 5.54 Å². The van der Waals surface area contributed by atoms with Crippen LogP contribution in [0.5, 0.6) is 0 Å². The quantitative estimate of drug-likeness (QED) is 0.584. The van der Waals surface area contributed by atoms with Gasteiger partial charge in [0, 0.05) is 6.54 Å². The molecule has 2 fully saturated rings. The van der Waals surface area contributed by atoms with Crippen molar-refractivity contribution in [3.63, 3.8) is 0 Å². The monoisotopic (exact) mass is 268 g/mol. The summed E-state index contributed by atoms with van der Waals surface area (Å²) in [6.07, 6.45) is 0.457. The van der Waals surface area contributed by atoms with Crippen molar-refractivity contribution < 1.29 is 14.4 Å². The van der Waals surface area contributed by atoms with E-state index in [1.165, 1.54) is 0 Å². The van der Waals surface area contributed by atoms with Crippen LogP contribution < -0.4 is 16.0 Å². The highest BCUT2D eigenvalue weighted by Crippen LogP contribution is 2.26. The molecule has 2 rings (SSSR count). The van der Waals surface area contributed by atoms with E-state index < -0.39 is 17.1 Å². The molecule has 106 valence electrons. The van der Waals surface area contributed by atoms with Gasteiger partial charge < -0.3 is 15.5 Å². The van der Waals surface area contributed by atoms with Crippen LogP contribution in [-0.2, 0) is 9.59 Å². The van der Waals surface area contributed by atoms with Crippen LogP contribution in [0.25, 0.3) is 0 Å². The van der Waals surface area contributed by atoms with Crippen LogP contribution in [0.4, 0.5) is 4.79 Å². The summed E-state index contributed by atoms with van der Waals surface area (Å²) in [5.41, 5.74) is -1.60. The molecule has 0 aromatic carbocycles. The van der Waals surface area contributed by atoms with E-state index in [9.17, 15) is 14.4 Å². The van der Waals surface area contributed by atoms with Crippen LogP contribution >= 0.6 is 0 Å². The van der Waals surface area contributed by atoms with Crippen LogP contribution in [-0.4, -0.2) is 53.5 Å². The Hall–Kier alpha value is -1.63. The topological polar surface area (TPSA) is 90.5 Å². The molecule has 2 heterocycles. The van der Waals surface area contributed by atoms with Gasteiger partial charge in [-0.25, -0.2) is 4.79 Å². The third-order valence-corrected chi connectivity index (χ3v) is 3.72. The first-order valence-electron chi connectivity index (χ1n) is 6.49. The van der Waals surface area contributed by atoms with Crippen LogP contribution in [0, 0.1) is 0 Å². The van der Waals surface area contributed by atoms with Gasteiger partial charge in [-0.2, -0.15) is 0 Å². The van der Waals surface area contributed by atoms with E-state index in [1.54, 1.807) is 4.90 Å². The van der Waals surface area contributed by atoms with E-state index in [-0.39, 0.29) is 18.4 Å². The lowest BCUT2D eigenvalue weighted by Gasteiger charge is -2.30. The van der Waals surface area contributed by atoms with Crippen molar-refractivity contribution in [3.8, 4) is 0 Å². The van der Waals surface area contributed by atoms with Gasteiger partial charge in [-0.1, -0.05) is 6.92 Å². The molecule has 1 spiro atoms. The molecule has 7 nitrogen and oxygen atoms in total. The molecular weight excluding hydrogens is 248 g/mol. The largest absolute Gasteiger partial charge is 0.338 e. The predicted molar refractivity (Wildman–Crippen MR) is 68.4 cm³/mol. The highest BCUT2D eigenvalue weighted by molar-refractivity contribution is 6.07. The third-order valence-electron chi connectivity index (χ3n) is 3.72. The summed E-state index contributed by atoms with van der Waals surface area (Å²) in [6, 6.07) is -0.481. The van der Waals surface area contributed by atoms with E-state index in [2.05, 4.69) is 16.0 Å². The van der Waals surface area contributed by atoms with Gasteiger partial charge in [0.2, 0.25) is 5.91 Å². The summed E-state index contributed by atoms with van der Waals surface area (Å²) in [4.78, 5) is 37.1. The zero-order chi connectivity index (χ0) is 14.3. The third kappa shape index (κ3) is 2.30. The van der Waals surface area contributed by atoms with Gasteiger partial charge >= 0.3 is 6.03 Å². The molecule has 0 aromatic heterocycles. The van der Waals surface area contributed by atoms with Crippen molar-refractivity contribution in [2.24, 2.45) is 0 Å². The maximum atomic E-state index is 12.4. The number of likely N-dealkylation sites (N-methyl/N-ethyl adjacent to an activating group) is 1. The van der Waals surface area contributed by atoms with E-state index in [1.807, 2.05) is 20.8 Å². The number of carbonyl (C=O) groups is 3. The van der Waals surface area contributed by atoms with E-state index in [0.29, 0.717) is 19.5 Å². The number of likely N-dealkylation sites (tertiary alicyclic amines) is 1. The van der Waals surface area contributed by atoms with Gasteiger partial charge in [-0.15, -0.1) is 0 Å². The van der Waals surface area contributed by atoms with Gasteiger partial charge in [0.15, 0.2) is 0 Å². The first-order valence-corrected chi connectivity index (χ1v) is 6.49. The lowest BCUT2D eigenvalue weighted by Crippen LogP contribution is -2.56. The highest BCUT2D eigenvalue weighted by atomic mass is 16.2. The molecule has 1 unspecified atom stereocenters. The molecule has 0 bridgehead atoms. The minimum atomic E-state index is -0.935. The molecule has 2 saturated heterocycles. The molecule has 4 amide bonds. The van der Waals surface area contributed by atoms with Crippen LogP contribution in [0.2, 0.25) is 0 Å². The van der Waals surface area contributed by atoms with Crippen LogP contribution in [0.1, 0.15) is 27.2 Å². The highest BCUT2D eigenvalue weighted by Gasteiger charge is 2.52. The Morgan fingerprint density at radius 3 is 2.68 bits per heavy atom. The van der Waals surface area contributed by atoms with Crippen molar-refractivity contribution in [1.29, 1.82) is 0 Å². The first-order chi connectivity index (χ1) is 8.81. The fourth-order valence-electron chi connectivity index (χ4n) is 2.71. The molecule has 7 heteroatoms. The Bertz CT molecular complexity index is 435. The van der Waals surface area contributed by atoms with Crippen LogP contribution in [0.15, 0.2) is 0 Å². The molecule has 0 aromatic rings. The number of urea groups is 1. The minimum Gasteiger partial charge on any atom is -0.338 e. The smallest absolute Gasteiger partial charge is 0.322 e. The Balaban J connectivity index is 2.08. The van der Waals surface area contributed by atoms with Crippen LogP contribution in [0.3, 0.4) is 0 Å². The Kier molecular flexibility index (Phi) is 3.25. The lowest BCUT2D eigenvalue weighted by molar-refractivity contribution is -0.136. The fourth-order valence-corrected chi connectivity index (χ4v) is 2.71. The second-order valence-corrected chi connectivity index (χ2v) is 5.62. The fraction of sp³-hybridized carbons (Fsp3) is 0.750. The molecule has 0 radical (unpaired) electrons. The average molecular weight is 268 g/mol. The maximum absolute atomic E-state index is 12.4. The zero-order valence-electron chi connectivity index (χ0n) is 11.5. The van der Waals surface area contributed by atoms with E-state index >= 15 is 0 Å². The van der Waals surface area contributed by atoms with Gasteiger partial charge in [-0.3, -0.25) is 14.9 Å². The summed E-state index contributed by atoms with van der Waals surface area (Å²) in [5, 5.41) is 7.98. The maximum Gasteiger partial charge on any atom is 0.322 e. The summed E-state index contributed by atoms with van der Waals surface area (Å²) in [5.74, 6) is -0.394. The molecule has 2 aliphatic rings. The molecule has 0 saturated carbocycles. The number of rotatable bonds is 3. The minimum absolute atomic E-state index is 0.0554. The number of hydrogen-bond donors (Lipinski definition) is 3. The van der Waals surface area contributed by atoms with Gasteiger partial charge in [-0.05, 0) is 26.8 Å².